The van der Waals surface area contributed by atoms with Crippen LogP contribution >= 0.6 is 22.7 Å². The Morgan fingerprint density at radius 1 is 0.260 bits per heavy atom. The van der Waals surface area contributed by atoms with E-state index in [0.29, 0.717) is 0 Å². The molecule has 11 aromatic rings. The van der Waals surface area contributed by atoms with Crippen molar-refractivity contribution < 1.29 is 0 Å². The van der Waals surface area contributed by atoms with Crippen LogP contribution in [0.2, 0.25) is 0 Å². The standard InChI is InChI=1S/C48H28S2/c1-2-11-29(12-3-1)46-35-16-4-6-18-37(35)47(38-19-7-5-17-36(38)46)33-14-10-13-30(25-33)31-22-24-44-41(26-31)39-23-21-32-27-45-42(28-40(32)48(39)50-44)34-15-8-9-20-43(34)49-45/h1-28H. The van der Waals surface area contributed by atoms with Crippen molar-refractivity contribution in [2.75, 3.05) is 0 Å². The molecule has 0 nitrogen and oxygen atoms in total. The van der Waals surface area contributed by atoms with Crippen molar-refractivity contribution in [3.63, 3.8) is 0 Å². The molecule has 0 saturated heterocycles. The first-order valence-corrected chi connectivity index (χ1v) is 18.7. The molecule has 0 aliphatic carbocycles. The van der Waals surface area contributed by atoms with Crippen molar-refractivity contribution in [2.45, 2.75) is 0 Å². The average molecular weight is 669 g/mol. The molecule has 0 unspecified atom stereocenters. The molecule has 50 heavy (non-hydrogen) atoms. The van der Waals surface area contributed by atoms with Gasteiger partial charge in [0.2, 0.25) is 0 Å². The fraction of sp³-hybridized carbons (Fsp3) is 0. The minimum Gasteiger partial charge on any atom is -0.135 e. The van der Waals surface area contributed by atoms with E-state index in [9.17, 15) is 0 Å². The van der Waals surface area contributed by atoms with Crippen molar-refractivity contribution >= 4 is 95.3 Å². The van der Waals surface area contributed by atoms with Gasteiger partial charge in [-0.2, -0.15) is 0 Å². The maximum atomic E-state index is 2.43. The van der Waals surface area contributed by atoms with Crippen LogP contribution in [-0.2, 0) is 0 Å². The Hall–Kier alpha value is -5.80. The molecule has 0 spiro atoms. The van der Waals surface area contributed by atoms with Gasteiger partial charge in [0, 0.05) is 45.7 Å². The zero-order valence-electron chi connectivity index (χ0n) is 27.0. The second kappa shape index (κ2) is 10.9. The fourth-order valence-corrected chi connectivity index (χ4v) is 10.5. The van der Waals surface area contributed by atoms with Gasteiger partial charge in [-0.3, -0.25) is 0 Å². The summed E-state index contributed by atoms with van der Waals surface area (Å²) in [4.78, 5) is 0. The molecule has 2 heterocycles. The maximum absolute atomic E-state index is 2.43. The number of thiophene rings is 2. The van der Waals surface area contributed by atoms with E-state index in [1.807, 2.05) is 22.7 Å². The lowest BCUT2D eigenvalue weighted by Crippen LogP contribution is -1.91. The molecular formula is C48H28S2. The average Bonchev–Trinajstić information content (AvgIpc) is 3.74. The van der Waals surface area contributed by atoms with Crippen LogP contribution in [-0.4, -0.2) is 0 Å². The highest BCUT2D eigenvalue weighted by Crippen LogP contribution is 2.46. The number of hydrogen-bond donors (Lipinski definition) is 0. The first-order valence-electron chi connectivity index (χ1n) is 17.1. The molecule has 11 rings (SSSR count). The van der Waals surface area contributed by atoms with Gasteiger partial charge in [-0.1, -0.05) is 133 Å². The third-order valence-corrected chi connectivity index (χ3v) is 12.8. The van der Waals surface area contributed by atoms with Gasteiger partial charge in [-0.05, 0) is 96.7 Å². The van der Waals surface area contributed by atoms with Crippen molar-refractivity contribution in [1.29, 1.82) is 0 Å². The van der Waals surface area contributed by atoms with Crippen LogP contribution in [0.1, 0.15) is 0 Å². The van der Waals surface area contributed by atoms with Crippen LogP contribution in [0.5, 0.6) is 0 Å². The molecule has 0 fully saturated rings. The molecule has 9 aromatic carbocycles. The molecule has 0 aliphatic heterocycles. The molecule has 2 heteroatoms. The fourth-order valence-electron chi connectivity index (χ4n) is 8.17. The van der Waals surface area contributed by atoms with Gasteiger partial charge in [0.05, 0.1) is 0 Å². The molecule has 2 aromatic heterocycles. The first kappa shape index (κ1) is 28.1. The Kier molecular flexibility index (Phi) is 6.09. The lowest BCUT2D eigenvalue weighted by molar-refractivity contribution is 1.63. The molecule has 0 amide bonds. The van der Waals surface area contributed by atoms with E-state index in [1.165, 1.54) is 106 Å². The van der Waals surface area contributed by atoms with E-state index in [2.05, 4.69) is 170 Å². The van der Waals surface area contributed by atoms with Crippen LogP contribution in [0.15, 0.2) is 170 Å². The largest absolute Gasteiger partial charge is 0.135 e. The van der Waals surface area contributed by atoms with E-state index >= 15 is 0 Å². The van der Waals surface area contributed by atoms with Gasteiger partial charge in [-0.15, -0.1) is 22.7 Å². The van der Waals surface area contributed by atoms with Crippen molar-refractivity contribution in [2.24, 2.45) is 0 Å². The second-order valence-corrected chi connectivity index (χ2v) is 15.3. The topological polar surface area (TPSA) is 0 Å². The van der Waals surface area contributed by atoms with E-state index in [1.54, 1.807) is 0 Å². The lowest BCUT2D eigenvalue weighted by atomic mass is 9.85. The van der Waals surface area contributed by atoms with Crippen molar-refractivity contribution in [3.05, 3.63) is 170 Å². The smallest absolute Gasteiger partial charge is 0.0434 e. The van der Waals surface area contributed by atoms with Crippen molar-refractivity contribution in [3.8, 4) is 33.4 Å². The number of rotatable bonds is 3. The summed E-state index contributed by atoms with van der Waals surface area (Å²) in [5, 5.41) is 13.2. The highest BCUT2D eigenvalue weighted by atomic mass is 32.1. The minimum absolute atomic E-state index is 1.23. The second-order valence-electron chi connectivity index (χ2n) is 13.2. The van der Waals surface area contributed by atoms with Crippen LogP contribution in [0, 0.1) is 0 Å². The molecule has 0 radical (unpaired) electrons. The van der Waals surface area contributed by atoms with Gasteiger partial charge < -0.3 is 0 Å². The van der Waals surface area contributed by atoms with E-state index in [-0.39, 0.29) is 0 Å². The predicted molar refractivity (Wildman–Crippen MR) is 221 cm³/mol. The quantitative estimate of drug-likeness (QED) is 0.164. The SMILES string of the molecule is c1ccc(-c2c3ccccc3c(-c3cccc(-c4ccc5sc6c7cc8c(cc7ccc6c5c4)sc4ccccc48)c3)c3ccccc23)cc1. The van der Waals surface area contributed by atoms with Gasteiger partial charge in [0.25, 0.3) is 0 Å². The molecule has 232 valence electrons. The van der Waals surface area contributed by atoms with Gasteiger partial charge in [-0.25, -0.2) is 0 Å². The third kappa shape index (κ3) is 4.16. The highest BCUT2D eigenvalue weighted by Gasteiger charge is 2.17. The Morgan fingerprint density at radius 2 is 0.840 bits per heavy atom. The summed E-state index contributed by atoms with van der Waals surface area (Å²) in [5.41, 5.74) is 7.55. The Balaban J connectivity index is 1.10. The number of benzene rings is 9. The summed E-state index contributed by atoms with van der Waals surface area (Å²) in [6.45, 7) is 0. The first-order chi connectivity index (χ1) is 24.8. The summed E-state index contributed by atoms with van der Waals surface area (Å²) < 4.78 is 5.41. The molecule has 0 bridgehead atoms. The summed E-state index contributed by atoms with van der Waals surface area (Å²) in [6.07, 6.45) is 0. The van der Waals surface area contributed by atoms with E-state index < -0.39 is 0 Å². The molecular weight excluding hydrogens is 641 g/mol. The third-order valence-electron chi connectivity index (χ3n) is 10.4. The van der Waals surface area contributed by atoms with Crippen LogP contribution < -0.4 is 0 Å². The minimum atomic E-state index is 1.23. The van der Waals surface area contributed by atoms with Gasteiger partial charge >= 0.3 is 0 Å². The molecule has 0 aliphatic rings. The normalized spacial score (nSPS) is 12.0. The Morgan fingerprint density at radius 3 is 1.60 bits per heavy atom. The monoisotopic (exact) mass is 668 g/mol. The lowest BCUT2D eigenvalue weighted by Gasteiger charge is -2.18. The Labute approximate surface area is 297 Å². The maximum Gasteiger partial charge on any atom is 0.0434 e. The predicted octanol–water partition coefficient (Wildman–Crippen LogP) is 14.9. The van der Waals surface area contributed by atoms with Crippen LogP contribution in [0.25, 0.3) is 106 Å². The molecule has 0 N–H and O–H groups in total. The summed E-state index contributed by atoms with van der Waals surface area (Å²) in [6, 6.07) is 63.1. The van der Waals surface area contributed by atoms with E-state index in [4.69, 9.17) is 0 Å². The summed E-state index contributed by atoms with van der Waals surface area (Å²) in [5.74, 6) is 0. The Bertz CT molecular complexity index is 3080. The highest BCUT2D eigenvalue weighted by molar-refractivity contribution is 7.27. The zero-order chi connectivity index (χ0) is 32.8. The van der Waals surface area contributed by atoms with Gasteiger partial charge in [0.1, 0.15) is 0 Å². The molecule has 0 saturated carbocycles. The summed E-state index contributed by atoms with van der Waals surface area (Å²) in [7, 11) is 0. The number of fused-ring (bicyclic) bond motifs is 10. The van der Waals surface area contributed by atoms with Gasteiger partial charge in [0.15, 0.2) is 0 Å². The molecule has 0 atom stereocenters. The summed E-state index contributed by atoms with van der Waals surface area (Å²) >= 11 is 3.81. The zero-order valence-corrected chi connectivity index (χ0v) is 28.6. The van der Waals surface area contributed by atoms with Crippen LogP contribution in [0.3, 0.4) is 0 Å². The van der Waals surface area contributed by atoms with Crippen molar-refractivity contribution in [1.82, 2.24) is 0 Å². The van der Waals surface area contributed by atoms with E-state index in [0.717, 1.165) is 0 Å². The van der Waals surface area contributed by atoms with Crippen LogP contribution in [0.4, 0.5) is 0 Å². The number of hydrogen-bond acceptors (Lipinski definition) is 2.